The van der Waals surface area contributed by atoms with Gasteiger partial charge in [-0.05, 0) is 50.5 Å². The smallest absolute Gasteiger partial charge is 0.256 e. The summed E-state index contributed by atoms with van der Waals surface area (Å²) in [5.41, 5.74) is 1.66. The van der Waals surface area contributed by atoms with Gasteiger partial charge in [-0.25, -0.2) is 13.8 Å². The van der Waals surface area contributed by atoms with E-state index in [0.29, 0.717) is 16.5 Å². The summed E-state index contributed by atoms with van der Waals surface area (Å²) in [6.45, 7) is 3.63. The molecule has 1 radical (unpaired) electrons. The van der Waals surface area contributed by atoms with Crippen LogP contribution >= 0.6 is 15.9 Å². The first-order valence-electron chi connectivity index (χ1n) is 9.47. The third-order valence-electron chi connectivity index (χ3n) is 5.14. The number of fused-ring (bicyclic) bond motifs is 1. The van der Waals surface area contributed by atoms with Crippen LogP contribution in [0.1, 0.15) is 35.2 Å². The minimum absolute atomic E-state index is 0.185. The molecule has 2 heterocycles. The van der Waals surface area contributed by atoms with E-state index in [2.05, 4.69) is 32.2 Å². The average Bonchev–Trinajstić information content (AvgIpc) is 2.70. The van der Waals surface area contributed by atoms with E-state index in [9.17, 15) is 13.6 Å². The highest BCUT2D eigenvalue weighted by Crippen LogP contribution is 2.32. The van der Waals surface area contributed by atoms with Crippen LogP contribution in [-0.4, -0.2) is 24.0 Å². The molecule has 1 aliphatic rings. The summed E-state index contributed by atoms with van der Waals surface area (Å²) in [6.07, 6.45) is 3.34. The Hall–Kier alpha value is -2.54. The lowest BCUT2D eigenvalue weighted by molar-refractivity contribution is 0.102. The standard InChI is InChI=1S/C22H19BrF2N3O/c1-13-20(22(29)27-19-8-6-15(24)12-17(19)25)16-11-14(23)5-7-18(16)26-21(13)28-9-3-2-4-10-28/h5-7,11-12H,2-4,9-10H2,1H3,(H,27,29). The lowest BCUT2D eigenvalue weighted by atomic mass is 10.0. The predicted molar refractivity (Wildman–Crippen MR) is 113 cm³/mol. The number of piperidine rings is 1. The van der Waals surface area contributed by atoms with E-state index in [-0.39, 0.29) is 5.69 Å². The maximum Gasteiger partial charge on any atom is 0.256 e. The minimum atomic E-state index is -0.869. The molecule has 7 heteroatoms. The number of benzene rings is 2. The second kappa shape index (κ2) is 8.06. The van der Waals surface area contributed by atoms with Crippen LogP contribution < -0.4 is 10.2 Å². The number of nitrogens with one attached hydrogen (secondary N) is 1. The molecule has 29 heavy (non-hydrogen) atoms. The molecule has 3 aromatic rings. The Labute approximate surface area is 176 Å². The van der Waals surface area contributed by atoms with Crippen LogP contribution in [-0.2, 0) is 0 Å². The maximum absolute atomic E-state index is 14.1. The normalized spacial score (nSPS) is 14.3. The number of nitrogens with zero attached hydrogens (tertiary/aromatic N) is 2. The van der Waals surface area contributed by atoms with Crippen molar-refractivity contribution in [1.29, 1.82) is 0 Å². The molecular weight excluding hydrogens is 440 g/mol. The summed E-state index contributed by atoms with van der Waals surface area (Å²) < 4.78 is 28.1. The topological polar surface area (TPSA) is 45.2 Å². The van der Waals surface area contributed by atoms with Gasteiger partial charge in [0.25, 0.3) is 5.91 Å². The van der Waals surface area contributed by atoms with E-state index >= 15 is 0 Å². The number of carbonyl (C=O) groups excluding carboxylic acids is 1. The van der Waals surface area contributed by atoms with Crippen molar-refractivity contribution < 1.29 is 13.6 Å². The van der Waals surface area contributed by atoms with Gasteiger partial charge in [0.2, 0.25) is 0 Å². The molecule has 4 nitrogen and oxygen atoms in total. The van der Waals surface area contributed by atoms with Gasteiger partial charge in [0.15, 0.2) is 0 Å². The first-order valence-corrected chi connectivity index (χ1v) is 10.3. The fourth-order valence-electron chi connectivity index (χ4n) is 3.74. The van der Waals surface area contributed by atoms with Gasteiger partial charge in [-0.3, -0.25) is 4.79 Å². The zero-order valence-corrected chi connectivity index (χ0v) is 17.4. The summed E-state index contributed by atoms with van der Waals surface area (Å²) in [7, 11) is 0. The van der Waals surface area contributed by atoms with Crippen LogP contribution in [0, 0.1) is 24.6 Å². The van der Waals surface area contributed by atoms with Crippen molar-refractivity contribution in [2.75, 3.05) is 23.3 Å². The summed E-state index contributed by atoms with van der Waals surface area (Å²) in [5, 5.41) is 3.20. The Morgan fingerprint density at radius 2 is 1.97 bits per heavy atom. The van der Waals surface area contributed by atoms with Crippen LogP contribution in [0.4, 0.5) is 20.3 Å². The second-order valence-corrected chi connectivity index (χ2v) is 8.06. The van der Waals surface area contributed by atoms with Crippen molar-refractivity contribution in [2.45, 2.75) is 26.2 Å². The van der Waals surface area contributed by atoms with E-state index in [0.717, 1.165) is 53.9 Å². The van der Waals surface area contributed by atoms with Crippen molar-refractivity contribution >= 4 is 44.2 Å². The Morgan fingerprint density at radius 3 is 2.69 bits per heavy atom. The van der Waals surface area contributed by atoms with Crippen LogP contribution in [0.3, 0.4) is 0 Å². The average molecular weight is 459 g/mol. The Morgan fingerprint density at radius 1 is 1.21 bits per heavy atom. The Bertz CT molecular complexity index is 1100. The van der Waals surface area contributed by atoms with E-state index in [1.54, 1.807) is 0 Å². The van der Waals surface area contributed by atoms with Gasteiger partial charge >= 0.3 is 0 Å². The van der Waals surface area contributed by atoms with Gasteiger partial charge in [0.05, 0.1) is 16.8 Å². The number of rotatable bonds is 3. The molecule has 0 aliphatic carbocycles. The number of carbonyl (C=O) groups is 1. The largest absolute Gasteiger partial charge is 0.356 e. The van der Waals surface area contributed by atoms with Crippen molar-refractivity contribution in [3.05, 3.63) is 63.6 Å². The van der Waals surface area contributed by atoms with E-state index < -0.39 is 17.5 Å². The van der Waals surface area contributed by atoms with Crippen molar-refractivity contribution in [2.24, 2.45) is 0 Å². The Kier molecular flexibility index (Phi) is 5.50. The monoisotopic (exact) mass is 458 g/mol. The molecule has 1 amide bonds. The zero-order chi connectivity index (χ0) is 20.5. The quantitative estimate of drug-likeness (QED) is 0.553. The number of amides is 1. The molecule has 1 aromatic heterocycles. The van der Waals surface area contributed by atoms with Gasteiger partial charge in [0, 0.05) is 40.6 Å². The van der Waals surface area contributed by atoms with Crippen molar-refractivity contribution in [1.82, 2.24) is 4.98 Å². The molecule has 1 N–H and O–H groups in total. The van der Waals surface area contributed by atoms with Crippen LogP contribution in [0.5, 0.6) is 0 Å². The first-order chi connectivity index (χ1) is 13.9. The summed E-state index contributed by atoms with van der Waals surface area (Å²) in [6, 6.07) is 9.72. The van der Waals surface area contributed by atoms with E-state index in [1.807, 2.05) is 25.1 Å². The highest BCUT2D eigenvalue weighted by Gasteiger charge is 2.23. The molecule has 4 rings (SSSR count). The molecule has 2 aromatic carbocycles. The van der Waals surface area contributed by atoms with Crippen LogP contribution in [0.2, 0.25) is 0 Å². The molecule has 0 saturated carbocycles. The van der Waals surface area contributed by atoms with Crippen LogP contribution in [0.15, 0.2) is 34.8 Å². The van der Waals surface area contributed by atoms with Gasteiger partial charge < -0.3 is 10.2 Å². The molecule has 0 spiro atoms. The molecular formula is C22H19BrF2N3O. The van der Waals surface area contributed by atoms with Gasteiger partial charge in [-0.1, -0.05) is 15.9 Å². The van der Waals surface area contributed by atoms with E-state index in [4.69, 9.17) is 4.98 Å². The number of hydrogen-bond donors (Lipinski definition) is 1. The molecule has 1 fully saturated rings. The molecule has 0 unspecified atom stereocenters. The lowest BCUT2D eigenvalue weighted by Gasteiger charge is -2.30. The van der Waals surface area contributed by atoms with Crippen molar-refractivity contribution in [3.63, 3.8) is 0 Å². The van der Waals surface area contributed by atoms with Crippen LogP contribution in [0.25, 0.3) is 10.9 Å². The van der Waals surface area contributed by atoms with Gasteiger partial charge in [0.1, 0.15) is 17.5 Å². The lowest BCUT2D eigenvalue weighted by Crippen LogP contribution is -2.31. The first kappa shape index (κ1) is 19.8. The highest BCUT2D eigenvalue weighted by atomic mass is 79.9. The molecule has 1 aliphatic heterocycles. The second-order valence-electron chi connectivity index (χ2n) is 7.14. The molecule has 0 bridgehead atoms. The van der Waals surface area contributed by atoms with Gasteiger partial charge in [-0.15, -0.1) is 0 Å². The minimum Gasteiger partial charge on any atom is -0.356 e. The predicted octanol–water partition coefficient (Wildman–Crippen LogP) is 5.63. The maximum atomic E-state index is 14.1. The third kappa shape index (κ3) is 3.96. The summed E-state index contributed by atoms with van der Waals surface area (Å²) in [4.78, 5) is 20.2. The third-order valence-corrected chi connectivity index (χ3v) is 5.64. The number of aromatic nitrogens is 1. The fourth-order valence-corrected chi connectivity index (χ4v) is 4.10. The van der Waals surface area contributed by atoms with Crippen molar-refractivity contribution in [3.8, 4) is 0 Å². The molecule has 149 valence electrons. The number of pyridine rings is 1. The number of anilines is 2. The molecule has 1 saturated heterocycles. The number of hydrogen-bond acceptors (Lipinski definition) is 3. The number of halogens is 3. The highest BCUT2D eigenvalue weighted by molar-refractivity contribution is 9.10. The van der Waals surface area contributed by atoms with Gasteiger partial charge in [-0.2, -0.15) is 0 Å². The SMILES string of the molecule is Cc1c(N2CCCCC2)nc2ccc(Br)cc2c1C(=O)Nc1[c]cc(F)cc1F. The summed E-state index contributed by atoms with van der Waals surface area (Å²) in [5.74, 6) is -1.32. The zero-order valence-electron chi connectivity index (χ0n) is 15.9. The Balaban J connectivity index is 1.83. The fraction of sp³-hybridized carbons (Fsp3) is 0.273. The van der Waals surface area contributed by atoms with E-state index in [1.165, 1.54) is 6.42 Å². The summed E-state index contributed by atoms with van der Waals surface area (Å²) >= 11 is 3.44. The molecule has 0 atom stereocenters.